The smallest absolute Gasteiger partial charge is 0.307 e. The van der Waals surface area contributed by atoms with Gasteiger partial charge in [0.25, 0.3) is 0 Å². The Hall–Kier alpha value is -2.04. The van der Waals surface area contributed by atoms with Gasteiger partial charge in [0.2, 0.25) is 0 Å². The molecular formula is C18H14O2S2. The minimum absolute atomic E-state index is 0.00922. The molecule has 1 heterocycles. The molecule has 0 saturated heterocycles. The summed E-state index contributed by atoms with van der Waals surface area (Å²) >= 11 is 7.29. The van der Waals surface area contributed by atoms with Crippen LogP contribution in [0.1, 0.15) is 22.3 Å². The van der Waals surface area contributed by atoms with Crippen molar-refractivity contribution in [2.24, 2.45) is 0 Å². The molecule has 4 heteroatoms. The van der Waals surface area contributed by atoms with Crippen molar-refractivity contribution >= 4 is 44.5 Å². The van der Waals surface area contributed by atoms with Gasteiger partial charge in [-0.3, -0.25) is 4.79 Å². The van der Waals surface area contributed by atoms with Gasteiger partial charge in [0, 0.05) is 10.3 Å². The molecular weight excluding hydrogens is 312 g/mol. The molecule has 0 unspecified atom stereocenters. The number of thiophene rings is 1. The third-order valence-corrected chi connectivity index (χ3v) is 4.94. The molecule has 0 atom stereocenters. The highest BCUT2D eigenvalue weighted by molar-refractivity contribution is 7.81. The summed E-state index contributed by atoms with van der Waals surface area (Å²) in [6.07, 6.45) is 0.00922. The Labute approximate surface area is 138 Å². The highest BCUT2D eigenvalue weighted by Gasteiger charge is 2.13. The fourth-order valence-corrected chi connectivity index (χ4v) is 3.71. The highest BCUT2D eigenvalue weighted by Crippen LogP contribution is 2.29. The van der Waals surface area contributed by atoms with Gasteiger partial charge in [0.15, 0.2) is 0 Å². The van der Waals surface area contributed by atoms with E-state index >= 15 is 0 Å². The summed E-state index contributed by atoms with van der Waals surface area (Å²) in [5.41, 5.74) is 3.90. The van der Waals surface area contributed by atoms with Crippen molar-refractivity contribution in [1.29, 1.82) is 0 Å². The van der Waals surface area contributed by atoms with E-state index in [2.05, 4.69) is 0 Å². The summed E-state index contributed by atoms with van der Waals surface area (Å²) in [5, 5.41) is 12.1. The lowest BCUT2D eigenvalue weighted by molar-refractivity contribution is -0.136. The van der Waals surface area contributed by atoms with E-state index in [4.69, 9.17) is 17.3 Å². The van der Waals surface area contributed by atoms with Gasteiger partial charge in [-0.05, 0) is 47.0 Å². The molecule has 3 aromatic rings. The monoisotopic (exact) mass is 326 g/mol. The fourth-order valence-electron chi connectivity index (χ4n) is 2.45. The normalized spacial score (nSPS) is 10.8. The van der Waals surface area contributed by atoms with Gasteiger partial charge in [-0.1, -0.05) is 42.0 Å². The number of carboxylic acid groups (broad SMARTS) is 1. The van der Waals surface area contributed by atoms with Crippen LogP contribution in [0.3, 0.4) is 0 Å². The lowest BCUT2D eigenvalue weighted by Crippen LogP contribution is -2.04. The average molecular weight is 326 g/mol. The highest BCUT2D eigenvalue weighted by atomic mass is 32.1. The van der Waals surface area contributed by atoms with E-state index in [9.17, 15) is 4.79 Å². The Kier molecular flexibility index (Phi) is 4.05. The number of thiocarbonyl (C=S) groups is 1. The van der Waals surface area contributed by atoms with E-state index < -0.39 is 5.97 Å². The molecule has 0 bridgehead atoms. The van der Waals surface area contributed by atoms with Crippen molar-refractivity contribution < 1.29 is 9.90 Å². The van der Waals surface area contributed by atoms with Crippen LogP contribution in [0.2, 0.25) is 0 Å². The van der Waals surface area contributed by atoms with Crippen LogP contribution in [-0.4, -0.2) is 15.9 Å². The SMILES string of the molecule is Cc1ccc(C(=S)c2cc(CC(=O)O)cc3ccsc23)cc1. The molecule has 1 N–H and O–H groups in total. The minimum atomic E-state index is -0.832. The quantitative estimate of drug-likeness (QED) is 0.562. The Morgan fingerprint density at radius 2 is 1.91 bits per heavy atom. The average Bonchev–Trinajstić information content (AvgIpc) is 2.94. The van der Waals surface area contributed by atoms with E-state index in [-0.39, 0.29) is 6.42 Å². The second-order valence-corrected chi connectivity index (χ2v) is 6.57. The molecule has 22 heavy (non-hydrogen) atoms. The Bertz CT molecular complexity index is 860. The summed E-state index contributed by atoms with van der Waals surface area (Å²) in [7, 11) is 0. The van der Waals surface area contributed by atoms with Crippen molar-refractivity contribution in [2.75, 3.05) is 0 Å². The molecule has 2 nitrogen and oxygen atoms in total. The molecule has 0 aliphatic rings. The van der Waals surface area contributed by atoms with Crippen LogP contribution >= 0.6 is 23.6 Å². The van der Waals surface area contributed by atoms with Crippen molar-refractivity contribution in [3.63, 3.8) is 0 Å². The van der Waals surface area contributed by atoms with Crippen LogP contribution in [0.25, 0.3) is 10.1 Å². The standard InChI is InChI=1S/C18H14O2S2/c1-11-2-4-13(5-3-11)17(21)15-9-12(10-16(19)20)8-14-6-7-22-18(14)15/h2-9H,10H2,1H3,(H,19,20). The van der Waals surface area contributed by atoms with Crippen molar-refractivity contribution in [3.05, 3.63) is 70.1 Å². The third-order valence-electron chi connectivity index (χ3n) is 3.52. The number of hydrogen-bond donors (Lipinski definition) is 1. The molecule has 1 aromatic heterocycles. The number of aryl methyl sites for hydroxylation is 1. The first-order valence-electron chi connectivity index (χ1n) is 6.88. The van der Waals surface area contributed by atoms with Gasteiger partial charge in [-0.2, -0.15) is 0 Å². The number of aliphatic carboxylic acids is 1. The number of carboxylic acids is 1. The maximum absolute atomic E-state index is 11.0. The molecule has 0 aliphatic carbocycles. The predicted octanol–water partition coefficient (Wildman–Crippen LogP) is 4.60. The molecule has 0 amide bonds. The third kappa shape index (κ3) is 2.93. The number of benzene rings is 2. The summed E-state index contributed by atoms with van der Waals surface area (Å²) < 4.78 is 1.11. The van der Waals surface area contributed by atoms with E-state index in [0.717, 1.165) is 31.6 Å². The maximum Gasteiger partial charge on any atom is 0.307 e. The van der Waals surface area contributed by atoms with Crippen LogP contribution < -0.4 is 0 Å². The van der Waals surface area contributed by atoms with Gasteiger partial charge >= 0.3 is 5.97 Å². The lowest BCUT2D eigenvalue weighted by Gasteiger charge is -2.09. The van der Waals surface area contributed by atoms with Crippen LogP contribution in [-0.2, 0) is 11.2 Å². The van der Waals surface area contributed by atoms with Gasteiger partial charge in [0.05, 0.1) is 11.3 Å². The van der Waals surface area contributed by atoms with Gasteiger partial charge in [-0.25, -0.2) is 0 Å². The topological polar surface area (TPSA) is 37.3 Å². The molecule has 110 valence electrons. The molecule has 0 aliphatic heterocycles. The molecule has 0 radical (unpaired) electrons. The Morgan fingerprint density at radius 3 is 2.59 bits per heavy atom. The zero-order valence-corrected chi connectivity index (χ0v) is 13.6. The summed E-state index contributed by atoms with van der Waals surface area (Å²) in [5.74, 6) is -0.832. The minimum Gasteiger partial charge on any atom is -0.481 e. The number of rotatable bonds is 4. The van der Waals surface area contributed by atoms with Gasteiger partial charge in [-0.15, -0.1) is 11.3 Å². The second kappa shape index (κ2) is 5.99. The molecule has 0 spiro atoms. The predicted molar refractivity (Wildman–Crippen MR) is 95.1 cm³/mol. The first kappa shape index (κ1) is 14.9. The van der Waals surface area contributed by atoms with Crippen LogP contribution in [0, 0.1) is 6.92 Å². The summed E-state index contributed by atoms with van der Waals surface area (Å²) in [4.78, 5) is 11.8. The Morgan fingerprint density at radius 1 is 1.18 bits per heavy atom. The summed E-state index contributed by atoms with van der Waals surface area (Å²) in [6.45, 7) is 2.04. The van der Waals surface area contributed by atoms with E-state index in [1.165, 1.54) is 5.56 Å². The van der Waals surface area contributed by atoms with Crippen molar-refractivity contribution in [3.8, 4) is 0 Å². The second-order valence-electron chi connectivity index (χ2n) is 5.25. The first-order valence-corrected chi connectivity index (χ1v) is 8.16. The van der Waals surface area contributed by atoms with Gasteiger partial charge in [0.1, 0.15) is 0 Å². The van der Waals surface area contributed by atoms with Crippen LogP contribution in [0.15, 0.2) is 47.8 Å². The zero-order valence-electron chi connectivity index (χ0n) is 12.0. The fraction of sp³-hybridized carbons (Fsp3) is 0.111. The largest absolute Gasteiger partial charge is 0.481 e. The molecule has 0 saturated carbocycles. The van der Waals surface area contributed by atoms with E-state index in [0.29, 0.717) is 0 Å². The van der Waals surface area contributed by atoms with E-state index in [1.54, 1.807) is 11.3 Å². The zero-order chi connectivity index (χ0) is 15.7. The molecule has 2 aromatic carbocycles. The van der Waals surface area contributed by atoms with Crippen molar-refractivity contribution in [2.45, 2.75) is 13.3 Å². The van der Waals surface area contributed by atoms with Crippen LogP contribution in [0.4, 0.5) is 0 Å². The molecule has 0 fully saturated rings. The van der Waals surface area contributed by atoms with Gasteiger partial charge < -0.3 is 5.11 Å². The van der Waals surface area contributed by atoms with Crippen LogP contribution in [0.5, 0.6) is 0 Å². The number of fused-ring (bicyclic) bond motifs is 1. The lowest BCUT2D eigenvalue weighted by atomic mass is 9.99. The number of hydrogen-bond acceptors (Lipinski definition) is 3. The number of carbonyl (C=O) groups is 1. The van der Waals surface area contributed by atoms with E-state index in [1.807, 2.05) is 54.8 Å². The molecule has 3 rings (SSSR count). The summed E-state index contributed by atoms with van der Waals surface area (Å²) in [6, 6.07) is 14.0. The maximum atomic E-state index is 11.0. The Balaban J connectivity index is 2.11. The first-order chi connectivity index (χ1) is 10.5. The van der Waals surface area contributed by atoms with Crippen molar-refractivity contribution in [1.82, 2.24) is 0 Å².